The molecule has 4 heterocycles. The zero-order valence-electron chi connectivity index (χ0n) is 60.0. The third-order valence-corrected chi connectivity index (χ3v) is 60.5. The van der Waals surface area contributed by atoms with E-state index in [0.717, 1.165) is 33.2 Å². The van der Waals surface area contributed by atoms with Crippen molar-refractivity contribution in [1.29, 1.82) is 0 Å². The van der Waals surface area contributed by atoms with Gasteiger partial charge in [-0.1, -0.05) is 227 Å². The van der Waals surface area contributed by atoms with E-state index in [1.807, 2.05) is 0 Å². The molecule has 0 bridgehead atoms. The number of fused-ring (bicyclic) bond motifs is 18. The minimum absolute atomic E-state index is 0.714. The normalized spacial score (nSPS) is 13.8. The Morgan fingerprint density at radius 3 is 0.611 bits per heavy atom. The van der Waals surface area contributed by atoms with E-state index in [4.69, 9.17) is 0 Å². The van der Waals surface area contributed by atoms with Gasteiger partial charge in [0.2, 0.25) is 0 Å². The molecule has 12 rings (SSSR count). The summed E-state index contributed by atoms with van der Waals surface area (Å²) >= 11 is 8.42. The Bertz CT molecular complexity index is 4310. The summed E-state index contributed by atoms with van der Waals surface area (Å²) in [5, 5.41) is 22.7. The fourth-order valence-corrected chi connectivity index (χ4v) is 61.4. The van der Waals surface area contributed by atoms with Crippen LogP contribution in [0.25, 0.3) is 105 Å². The number of benzene rings is 8. The van der Waals surface area contributed by atoms with Crippen molar-refractivity contribution in [3.8, 4) is 0 Å². The van der Waals surface area contributed by atoms with Crippen molar-refractivity contribution in [2.24, 2.45) is 0 Å². The first-order valence-corrected chi connectivity index (χ1v) is 47.1. The summed E-state index contributed by atoms with van der Waals surface area (Å²) in [4.78, 5) is 0. The first-order chi connectivity index (χ1) is 42.4. The predicted octanol–water partition coefficient (Wildman–Crippen LogP) is 27.3. The molecule has 0 unspecified atom stereocenters. The van der Waals surface area contributed by atoms with E-state index in [0.29, 0.717) is 33.2 Å². The molecule has 0 atom stereocenters. The van der Waals surface area contributed by atoms with Crippen LogP contribution in [0.2, 0.25) is 66.5 Å². The molecule has 0 N–H and O–H groups in total. The zero-order valence-corrected chi connectivity index (χ0v) is 67.2. The molecule has 8 aromatic carbocycles. The number of hydrogen-bond donors (Lipinski definition) is 0. The summed E-state index contributed by atoms with van der Waals surface area (Å²) in [6.07, 6.45) is 0. The molecule has 90 heavy (non-hydrogen) atoms. The zero-order chi connectivity index (χ0) is 65.5. The van der Waals surface area contributed by atoms with Crippen LogP contribution in [-0.4, -0.2) is 32.3 Å². The van der Waals surface area contributed by atoms with Crippen LogP contribution in [0.4, 0.5) is 0 Å². The quantitative estimate of drug-likeness (QED) is 0.0668. The Morgan fingerprint density at radius 2 is 0.378 bits per heavy atom. The largest absolute Gasteiger partial charge is 0.145 e. The standard InChI is InChI=1S/C42H56S2Si2.C40H52S2Si2/c1-23(2)45(24(3)4,25(5)6)39-21-37-33-17-15-32-31(35(33)19-29(13)41(37)43-39)16-18-34-36(32)20-30(14)42-38(34)22-40(44-42)46(26(7)8,27(9)10)28(11)12;1-23(2)43(24(3)4,25(5)6)39-21-35-33-15-13-30-29(31(33)17-19-37(35)41-39)14-16-34-32(30)18-20-38-36(34)22-40(42-38)44(26(7)8,27(9)10)28(11)12/h15-28H,1-14H3;13-28H,1-12H3. The Kier molecular flexibility index (Phi) is 18.5. The van der Waals surface area contributed by atoms with E-state index in [1.54, 1.807) is 18.0 Å². The van der Waals surface area contributed by atoms with Gasteiger partial charge >= 0.3 is 0 Å². The lowest BCUT2D eigenvalue weighted by molar-refractivity contribution is 0.837. The van der Waals surface area contributed by atoms with Gasteiger partial charge in [0.05, 0.1) is 0 Å². The second kappa shape index (κ2) is 24.7. The molecule has 0 amide bonds. The van der Waals surface area contributed by atoms with Gasteiger partial charge in [-0.25, -0.2) is 0 Å². The average Bonchev–Trinajstić information content (AvgIpc) is 1.46. The van der Waals surface area contributed by atoms with Crippen LogP contribution in [0.5, 0.6) is 0 Å². The van der Waals surface area contributed by atoms with Crippen molar-refractivity contribution in [2.75, 3.05) is 0 Å². The van der Waals surface area contributed by atoms with E-state index in [1.165, 1.54) is 116 Å². The maximum Gasteiger partial charge on any atom is 0.107 e. The number of thiophene rings is 4. The molecule has 4 aromatic heterocycles. The van der Waals surface area contributed by atoms with Crippen LogP contribution in [0, 0.1) is 13.8 Å². The summed E-state index contributed by atoms with van der Waals surface area (Å²) < 4.78 is 12.7. The highest BCUT2D eigenvalue weighted by Crippen LogP contribution is 2.51. The third-order valence-electron chi connectivity index (χ3n) is 24.1. The van der Waals surface area contributed by atoms with Crippen LogP contribution in [-0.2, 0) is 0 Å². The van der Waals surface area contributed by atoms with E-state index in [-0.39, 0.29) is 0 Å². The molecule has 0 spiro atoms. The third kappa shape index (κ3) is 9.89. The highest BCUT2D eigenvalue weighted by Gasteiger charge is 2.49. The molecule has 0 fully saturated rings. The van der Waals surface area contributed by atoms with Crippen molar-refractivity contribution in [2.45, 2.75) is 247 Å². The van der Waals surface area contributed by atoms with Crippen molar-refractivity contribution < 1.29 is 0 Å². The molecule has 0 nitrogen and oxygen atoms in total. The molecular formula is C82H108S4Si4. The lowest BCUT2D eigenvalue weighted by Gasteiger charge is -2.42. The second-order valence-corrected chi connectivity index (χ2v) is 60.9. The van der Waals surface area contributed by atoms with Gasteiger partial charge in [0, 0.05) is 40.3 Å². The maximum absolute atomic E-state index is 2.64. The fraction of sp³-hybridized carbons (Fsp3) is 0.463. The van der Waals surface area contributed by atoms with Gasteiger partial charge in [0.15, 0.2) is 0 Å². The van der Waals surface area contributed by atoms with Crippen LogP contribution in [0.15, 0.2) is 109 Å². The van der Waals surface area contributed by atoms with E-state index < -0.39 is 32.3 Å². The van der Waals surface area contributed by atoms with Gasteiger partial charge in [-0.05, 0) is 223 Å². The Labute approximate surface area is 562 Å². The van der Waals surface area contributed by atoms with Gasteiger partial charge < -0.3 is 0 Å². The SMILES string of the molecule is CC(C)[Si](c1cc2c(ccc3c2ccc2c4ccc5sc([Si](C(C)C)(C(C)C)C(C)C)cc5c4ccc32)s1)(C(C)C)C(C)C.Cc1cc2c(ccc3c4cc(C)c5sc([Si](C(C)C)(C(C)C)C(C)C)cc5c4ccc23)c2cc([Si](C(C)C)(C(C)C)C(C)C)sc12. The topological polar surface area (TPSA) is 0 Å². The molecule has 0 aliphatic rings. The van der Waals surface area contributed by atoms with E-state index in [2.05, 4.69) is 335 Å². The highest BCUT2D eigenvalue weighted by atomic mass is 32.1. The predicted molar refractivity (Wildman–Crippen MR) is 432 cm³/mol. The molecule has 0 saturated carbocycles. The number of aryl methyl sites for hydroxylation is 2. The summed E-state index contributed by atoms with van der Waals surface area (Å²) in [5.74, 6) is 0. The summed E-state index contributed by atoms with van der Waals surface area (Å²) in [6.45, 7) is 64.4. The Hall–Kier alpha value is -3.97. The van der Waals surface area contributed by atoms with Crippen molar-refractivity contribution >= 4 is 201 Å². The number of hydrogen-bond acceptors (Lipinski definition) is 4. The molecule has 476 valence electrons. The lowest BCUT2D eigenvalue weighted by Crippen LogP contribution is -2.54. The molecular weight excluding hydrogens is 1230 g/mol. The Balaban J connectivity index is 0.000000185. The van der Waals surface area contributed by atoms with Crippen molar-refractivity contribution in [3.63, 3.8) is 0 Å². The first-order valence-electron chi connectivity index (χ1n) is 34.9. The molecule has 0 saturated heterocycles. The molecule has 0 aliphatic heterocycles. The minimum Gasteiger partial charge on any atom is -0.145 e. The van der Waals surface area contributed by atoms with Crippen LogP contribution < -0.4 is 18.0 Å². The van der Waals surface area contributed by atoms with E-state index in [9.17, 15) is 0 Å². The van der Waals surface area contributed by atoms with Gasteiger partial charge in [-0.3, -0.25) is 0 Å². The summed E-state index contributed by atoms with van der Waals surface area (Å²) in [7, 11) is -6.86. The fourth-order valence-electron chi connectivity index (χ4n) is 20.9. The van der Waals surface area contributed by atoms with Crippen LogP contribution in [0.3, 0.4) is 0 Å². The summed E-state index contributed by atoms with van der Waals surface area (Å²) in [6, 6.07) is 44.6. The maximum atomic E-state index is 2.64. The summed E-state index contributed by atoms with van der Waals surface area (Å²) in [5.41, 5.74) is 11.5. The van der Waals surface area contributed by atoms with Gasteiger partial charge in [-0.2, -0.15) is 0 Å². The van der Waals surface area contributed by atoms with Gasteiger partial charge in [0.25, 0.3) is 0 Å². The molecule has 8 heteroatoms. The second-order valence-electron chi connectivity index (χ2n) is 31.7. The monoisotopic (exact) mass is 1330 g/mol. The molecule has 0 radical (unpaired) electrons. The lowest BCUT2D eigenvalue weighted by atomic mass is 9.93. The van der Waals surface area contributed by atoms with E-state index >= 15 is 0 Å². The average molecular weight is 1330 g/mol. The number of rotatable bonds is 16. The Morgan fingerprint density at radius 1 is 0.200 bits per heavy atom. The smallest absolute Gasteiger partial charge is 0.107 e. The van der Waals surface area contributed by atoms with Gasteiger partial charge in [-0.15, -0.1) is 45.3 Å². The first kappa shape index (κ1) is 67.4. The van der Waals surface area contributed by atoms with Crippen molar-refractivity contribution in [1.82, 2.24) is 0 Å². The van der Waals surface area contributed by atoms with Crippen LogP contribution >= 0.6 is 45.3 Å². The molecule has 0 aliphatic carbocycles. The van der Waals surface area contributed by atoms with Crippen LogP contribution in [0.1, 0.15) is 177 Å². The minimum atomic E-state index is -1.73. The van der Waals surface area contributed by atoms with Gasteiger partial charge in [0.1, 0.15) is 32.3 Å². The highest BCUT2D eigenvalue weighted by molar-refractivity contribution is 7.34. The van der Waals surface area contributed by atoms with Crippen molar-refractivity contribution in [3.05, 3.63) is 120 Å². The molecule has 12 aromatic rings.